The molecular formula is C18H11NO4S3. The van der Waals surface area contributed by atoms with Gasteiger partial charge in [0.15, 0.2) is 16.3 Å². The van der Waals surface area contributed by atoms with Crippen molar-refractivity contribution in [3.8, 4) is 10.6 Å². The van der Waals surface area contributed by atoms with Crippen molar-refractivity contribution < 1.29 is 17.7 Å². The topological polar surface area (TPSA) is 77.2 Å². The highest BCUT2D eigenvalue weighted by molar-refractivity contribution is 7.91. The van der Waals surface area contributed by atoms with Crippen LogP contribution in [-0.4, -0.2) is 19.4 Å². The number of nitrogens with zero attached hydrogens (tertiary/aromatic N) is 1. The average molecular weight is 401 g/mol. The first-order chi connectivity index (χ1) is 12.6. The quantitative estimate of drug-likeness (QED) is 0.459. The molecule has 0 atom stereocenters. The lowest BCUT2D eigenvalue weighted by Crippen LogP contribution is -2.10. The molecule has 4 rings (SSSR count). The van der Waals surface area contributed by atoms with Crippen LogP contribution in [0.3, 0.4) is 0 Å². The maximum absolute atomic E-state index is 13.3. The molecule has 0 aliphatic carbocycles. The SMILES string of the molecule is O=C(c1cccs1)c1noc(-c2cccs2)c1S(=O)(=O)c1ccccc1. The highest BCUT2D eigenvalue weighted by Gasteiger charge is 2.34. The molecule has 3 aromatic heterocycles. The predicted octanol–water partition coefficient (Wildman–Crippen LogP) is 4.53. The van der Waals surface area contributed by atoms with Crippen LogP contribution in [0.4, 0.5) is 0 Å². The highest BCUT2D eigenvalue weighted by atomic mass is 32.2. The number of hydrogen-bond acceptors (Lipinski definition) is 7. The molecule has 0 N–H and O–H groups in total. The fourth-order valence-electron chi connectivity index (χ4n) is 2.48. The van der Waals surface area contributed by atoms with Gasteiger partial charge in [-0.25, -0.2) is 8.42 Å². The van der Waals surface area contributed by atoms with Crippen molar-refractivity contribution in [3.05, 3.63) is 75.9 Å². The molecule has 0 radical (unpaired) electrons. The lowest BCUT2D eigenvalue weighted by molar-refractivity contribution is 0.103. The van der Waals surface area contributed by atoms with Crippen LogP contribution in [0.2, 0.25) is 0 Å². The number of aromatic nitrogens is 1. The Hall–Kier alpha value is -2.55. The molecule has 0 bridgehead atoms. The number of thiophene rings is 2. The van der Waals surface area contributed by atoms with Gasteiger partial charge >= 0.3 is 0 Å². The second-order valence-electron chi connectivity index (χ2n) is 5.29. The summed E-state index contributed by atoms with van der Waals surface area (Å²) in [5.74, 6) is -0.384. The van der Waals surface area contributed by atoms with E-state index in [4.69, 9.17) is 4.52 Å². The molecule has 0 spiro atoms. The van der Waals surface area contributed by atoms with Gasteiger partial charge in [-0.3, -0.25) is 4.79 Å². The Morgan fingerprint density at radius 1 is 0.923 bits per heavy atom. The van der Waals surface area contributed by atoms with Gasteiger partial charge in [0.25, 0.3) is 0 Å². The van der Waals surface area contributed by atoms with Gasteiger partial charge in [0, 0.05) is 0 Å². The third-order valence-corrected chi connectivity index (χ3v) is 7.22. The molecule has 0 aliphatic rings. The Balaban J connectivity index is 1.97. The highest BCUT2D eigenvalue weighted by Crippen LogP contribution is 2.37. The zero-order chi connectivity index (χ0) is 18.1. The Bertz CT molecular complexity index is 1140. The first-order valence-electron chi connectivity index (χ1n) is 7.51. The minimum absolute atomic E-state index is 0.0845. The molecule has 1 aromatic carbocycles. The summed E-state index contributed by atoms with van der Waals surface area (Å²) in [7, 11) is -3.98. The number of benzene rings is 1. The Kier molecular flexibility index (Phi) is 4.31. The standard InChI is InChI=1S/C18H11NO4S3/c20-16(13-8-4-10-24-13)15-18(17(23-19-15)14-9-5-11-25-14)26(21,22)12-6-2-1-3-7-12/h1-11H. The van der Waals surface area contributed by atoms with Gasteiger partial charge in [0.2, 0.25) is 15.6 Å². The van der Waals surface area contributed by atoms with E-state index in [0.717, 1.165) is 0 Å². The summed E-state index contributed by atoms with van der Waals surface area (Å²) in [6, 6.07) is 14.8. The van der Waals surface area contributed by atoms with Crippen LogP contribution >= 0.6 is 22.7 Å². The van der Waals surface area contributed by atoms with Crippen molar-refractivity contribution in [2.45, 2.75) is 9.79 Å². The number of sulfone groups is 1. The second-order valence-corrected chi connectivity index (χ2v) is 9.07. The van der Waals surface area contributed by atoms with Gasteiger partial charge in [-0.2, -0.15) is 0 Å². The lowest BCUT2D eigenvalue weighted by atomic mass is 10.2. The lowest BCUT2D eigenvalue weighted by Gasteiger charge is -2.05. The molecule has 3 heterocycles. The van der Waals surface area contributed by atoms with Crippen LogP contribution < -0.4 is 0 Å². The zero-order valence-corrected chi connectivity index (χ0v) is 15.6. The largest absolute Gasteiger partial charge is 0.353 e. The maximum Gasteiger partial charge on any atom is 0.226 e. The molecule has 5 nitrogen and oxygen atoms in total. The van der Waals surface area contributed by atoms with E-state index in [1.54, 1.807) is 53.2 Å². The number of hydrogen-bond donors (Lipinski definition) is 0. The predicted molar refractivity (Wildman–Crippen MR) is 99.5 cm³/mol. The van der Waals surface area contributed by atoms with Gasteiger partial charge in [-0.05, 0) is 35.0 Å². The van der Waals surface area contributed by atoms with Crippen LogP contribution in [0.5, 0.6) is 0 Å². The number of carbonyl (C=O) groups excluding carboxylic acids is 1. The van der Waals surface area contributed by atoms with E-state index in [-0.39, 0.29) is 21.2 Å². The fraction of sp³-hybridized carbons (Fsp3) is 0. The molecular weight excluding hydrogens is 390 g/mol. The molecule has 0 saturated carbocycles. The molecule has 26 heavy (non-hydrogen) atoms. The van der Waals surface area contributed by atoms with E-state index in [0.29, 0.717) is 9.75 Å². The summed E-state index contributed by atoms with van der Waals surface area (Å²) in [5, 5.41) is 7.38. The van der Waals surface area contributed by atoms with Crippen molar-refractivity contribution in [2.24, 2.45) is 0 Å². The van der Waals surface area contributed by atoms with Crippen molar-refractivity contribution in [3.63, 3.8) is 0 Å². The minimum atomic E-state index is -3.98. The van der Waals surface area contributed by atoms with Gasteiger partial charge in [0.1, 0.15) is 0 Å². The van der Waals surface area contributed by atoms with Crippen LogP contribution in [0, 0.1) is 0 Å². The van der Waals surface area contributed by atoms with E-state index in [1.165, 1.54) is 34.8 Å². The van der Waals surface area contributed by atoms with Crippen LogP contribution in [0.25, 0.3) is 10.6 Å². The van der Waals surface area contributed by atoms with Crippen LogP contribution in [0.1, 0.15) is 15.4 Å². The van der Waals surface area contributed by atoms with Crippen molar-refractivity contribution in [2.75, 3.05) is 0 Å². The van der Waals surface area contributed by atoms with Crippen molar-refractivity contribution in [1.82, 2.24) is 5.16 Å². The first kappa shape index (κ1) is 16.9. The van der Waals surface area contributed by atoms with Crippen LogP contribution in [-0.2, 0) is 9.84 Å². The summed E-state index contributed by atoms with van der Waals surface area (Å²) in [6.07, 6.45) is 0. The summed E-state index contributed by atoms with van der Waals surface area (Å²) in [6.45, 7) is 0. The third kappa shape index (κ3) is 2.82. The van der Waals surface area contributed by atoms with Gasteiger partial charge in [0.05, 0.1) is 14.6 Å². The molecule has 130 valence electrons. The smallest absolute Gasteiger partial charge is 0.226 e. The third-order valence-electron chi connectivity index (χ3n) is 3.68. The van der Waals surface area contributed by atoms with E-state index < -0.39 is 15.6 Å². The van der Waals surface area contributed by atoms with Gasteiger partial charge in [-0.1, -0.05) is 35.5 Å². The van der Waals surface area contributed by atoms with E-state index in [2.05, 4.69) is 5.16 Å². The van der Waals surface area contributed by atoms with Crippen molar-refractivity contribution in [1.29, 1.82) is 0 Å². The molecule has 0 amide bonds. The summed E-state index contributed by atoms with van der Waals surface area (Å²) < 4.78 is 31.9. The number of carbonyl (C=O) groups is 1. The summed E-state index contributed by atoms with van der Waals surface area (Å²) in [5.41, 5.74) is -0.195. The summed E-state index contributed by atoms with van der Waals surface area (Å²) >= 11 is 2.54. The Labute approximate surface area is 157 Å². The van der Waals surface area contributed by atoms with E-state index >= 15 is 0 Å². The average Bonchev–Trinajstić information content (AvgIpc) is 3.42. The molecule has 0 unspecified atom stereocenters. The van der Waals surface area contributed by atoms with E-state index in [9.17, 15) is 13.2 Å². The molecule has 0 saturated heterocycles. The van der Waals surface area contributed by atoms with Gasteiger partial charge in [-0.15, -0.1) is 22.7 Å². The minimum Gasteiger partial charge on any atom is -0.353 e. The molecule has 8 heteroatoms. The Morgan fingerprint density at radius 3 is 2.31 bits per heavy atom. The zero-order valence-electron chi connectivity index (χ0n) is 13.2. The maximum atomic E-state index is 13.3. The normalized spacial score (nSPS) is 11.5. The number of ketones is 1. The number of rotatable bonds is 5. The van der Waals surface area contributed by atoms with Crippen LogP contribution in [0.15, 0.2) is 79.7 Å². The Morgan fingerprint density at radius 2 is 1.65 bits per heavy atom. The molecule has 4 aromatic rings. The fourth-order valence-corrected chi connectivity index (χ4v) is 5.45. The van der Waals surface area contributed by atoms with E-state index in [1.807, 2.05) is 0 Å². The second kappa shape index (κ2) is 6.64. The first-order valence-corrected chi connectivity index (χ1v) is 10.7. The monoisotopic (exact) mass is 401 g/mol. The van der Waals surface area contributed by atoms with Crippen molar-refractivity contribution >= 4 is 38.3 Å². The molecule has 0 fully saturated rings. The summed E-state index contributed by atoms with van der Waals surface area (Å²) in [4.78, 5) is 13.7. The van der Waals surface area contributed by atoms with Gasteiger partial charge < -0.3 is 4.52 Å². The molecule has 0 aliphatic heterocycles.